The zero-order valence-electron chi connectivity index (χ0n) is 11.1. The second-order valence-electron chi connectivity index (χ2n) is 4.28. The summed E-state index contributed by atoms with van der Waals surface area (Å²) in [6, 6.07) is 10.0. The Morgan fingerprint density at radius 1 is 1.26 bits per heavy atom. The predicted octanol–water partition coefficient (Wildman–Crippen LogP) is 4.16. The highest BCUT2D eigenvalue weighted by Gasteiger charge is 2.02. The van der Waals surface area contributed by atoms with E-state index in [9.17, 15) is 0 Å². The first-order valence-electron chi connectivity index (χ1n) is 6.27. The lowest BCUT2D eigenvalue weighted by Crippen LogP contribution is -2.02. The van der Waals surface area contributed by atoms with Crippen molar-refractivity contribution >= 4 is 21.7 Å². The fourth-order valence-electron chi connectivity index (χ4n) is 1.73. The molecule has 0 radical (unpaired) electrons. The van der Waals surface area contributed by atoms with Crippen molar-refractivity contribution in [1.82, 2.24) is 4.98 Å². The van der Waals surface area contributed by atoms with Crippen molar-refractivity contribution in [2.45, 2.75) is 20.5 Å². The van der Waals surface area contributed by atoms with E-state index in [2.05, 4.69) is 33.2 Å². The monoisotopic (exact) mass is 320 g/mol. The Hall–Kier alpha value is -1.55. The van der Waals surface area contributed by atoms with Gasteiger partial charge < -0.3 is 10.1 Å². The summed E-state index contributed by atoms with van der Waals surface area (Å²) in [6.45, 7) is 5.49. The van der Waals surface area contributed by atoms with Crippen LogP contribution in [-0.4, -0.2) is 11.5 Å². The van der Waals surface area contributed by atoms with Crippen molar-refractivity contribution in [2.75, 3.05) is 11.9 Å². The van der Waals surface area contributed by atoms with Crippen LogP contribution in [0.5, 0.6) is 5.75 Å². The normalized spacial score (nSPS) is 10.3. The molecule has 0 bridgehead atoms. The number of hydrogen-bond acceptors (Lipinski definition) is 3. The van der Waals surface area contributed by atoms with Crippen LogP contribution in [-0.2, 0) is 6.61 Å². The van der Waals surface area contributed by atoms with Gasteiger partial charge in [-0.25, -0.2) is 4.98 Å². The smallest absolute Gasteiger partial charge is 0.126 e. The average Bonchev–Trinajstić information content (AvgIpc) is 2.41. The molecule has 19 heavy (non-hydrogen) atoms. The molecule has 0 fully saturated rings. The van der Waals surface area contributed by atoms with Crippen molar-refractivity contribution in [3.8, 4) is 5.75 Å². The number of ether oxygens (including phenoxy) is 1. The summed E-state index contributed by atoms with van der Waals surface area (Å²) in [4.78, 5) is 4.24. The number of hydrogen-bond donors (Lipinski definition) is 1. The van der Waals surface area contributed by atoms with Gasteiger partial charge in [-0.3, -0.25) is 0 Å². The lowest BCUT2D eigenvalue weighted by Gasteiger charge is -2.10. The molecule has 1 aromatic heterocycles. The third-order valence-electron chi connectivity index (χ3n) is 2.73. The van der Waals surface area contributed by atoms with Crippen LogP contribution in [0.4, 0.5) is 5.82 Å². The number of nitrogens with one attached hydrogen (secondary N) is 1. The summed E-state index contributed by atoms with van der Waals surface area (Å²) in [5.41, 5.74) is 2.23. The second kappa shape index (κ2) is 6.57. The van der Waals surface area contributed by atoms with E-state index in [1.807, 2.05) is 37.3 Å². The van der Waals surface area contributed by atoms with Crippen molar-refractivity contribution in [1.29, 1.82) is 0 Å². The molecule has 4 heteroatoms. The van der Waals surface area contributed by atoms with E-state index in [-0.39, 0.29) is 0 Å². The topological polar surface area (TPSA) is 34.1 Å². The van der Waals surface area contributed by atoms with E-state index in [1.165, 1.54) is 0 Å². The zero-order valence-corrected chi connectivity index (χ0v) is 12.7. The van der Waals surface area contributed by atoms with Gasteiger partial charge in [0.05, 0.1) is 0 Å². The maximum atomic E-state index is 5.85. The standard InChI is InChI=1S/C15H17BrN2O/c1-3-17-15-8-12(6-7-18-15)10-19-14-9-13(16)5-4-11(14)2/h4-9H,3,10H2,1-2H3,(H,17,18). The summed E-state index contributed by atoms with van der Waals surface area (Å²) >= 11 is 3.45. The Kier molecular flexibility index (Phi) is 4.80. The quantitative estimate of drug-likeness (QED) is 0.898. The summed E-state index contributed by atoms with van der Waals surface area (Å²) in [6.07, 6.45) is 1.80. The van der Waals surface area contributed by atoms with Gasteiger partial charge in [0.15, 0.2) is 0 Å². The summed E-state index contributed by atoms with van der Waals surface area (Å²) < 4.78 is 6.88. The number of halogens is 1. The third-order valence-corrected chi connectivity index (χ3v) is 3.22. The van der Waals surface area contributed by atoms with E-state index < -0.39 is 0 Å². The van der Waals surface area contributed by atoms with Crippen LogP contribution >= 0.6 is 15.9 Å². The average molecular weight is 321 g/mol. The molecule has 3 nitrogen and oxygen atoms in total. The van der Waals surface area contributed by atoms with E-state index in [1.54, 1.807) is 6.20 Å². The van der Waals surface area contributed by atoms with Crippen molar-refractivity contribution in [2.24, 2.45) is 0 Å². The largest absolute Gasteiger partial charge is 0.489 e. The van der Waals surface area contributed by atoms with E-state index in [4.69, 9.17) is 4.74 Å². The molecule has 2 aromatic rings. The number of anilines is 1. The molecular weight excluding hydrogens is 304 g/mol. The van der Waals surface area contributed by atoms with Crippen LogP contribution < -0.4 is 10.1 Å². The Morgan fingerprint density at radius 2 is 2.11 bits per heavy atom. The Morgan fingerprint density at radius 3 is 2.89 bits per heavy atom. The first-order valence-corrected chi connectivity index (χ1v) is 7.06. The molecule has 2 rings (SSSR count). The van der Waals surface area contributed by atoms with Gasteiger partial charge in [-0.2, -0.15) is 0 Å². The summed E-state index contributed by atoms with van der Waals surface area (Å²) in [7, 11) is 0. The van der Waals surface area contributed by atoms with Crippen molar-refractivity contribution in [3.63, 3.8) is 0 Å². The first kappa shape index (κ1) is 13.9. The highest BCUT2D eigenvalue weighted by molar-refractivity contribution is 9.10. The molecule has 0 aliphatic heterocycles. The molecule has 1 aromatic carbocycles. The van der Waals surface area contributed by atoms with Gasteiger partial charge in [-0.15, -0.1) is 0 Å². The molecule has 100 valence electrons. The Bertz CT molecular complexity index is 558. The van der Waals surface area contributed by atoms with Gasteiger partial charge in [0, 0.05) is 17.2 Å². The lowest BCUT2D eigenvalue weighted by molar-refractivity contribution is 0.304. The van der Waals surface area contributed by atoms with Crippen molar-refractivity contribution < 1.29 is 4.74 Å². The molecule has 0 aliphatic rings. The van der Waals surface area contributed by atoms with Gasteiger partial charge >= 0.3 is 0 Å². The molecule has 0 saturated heterocycles. The molecule has 0 atom stereocenters. The first-order chi connectivity index (χ1) is 9.19. The zero-order chi connectivity index (χ0) is 13.7. The minimum absolute atomic E-state index is 0.540. The molecule has 0 amide bonds. The number of nitrogens with zero attached hydrogens (tertiary/aromatic N) is 1. The Balaban J connectivity index is 2.05. The second-order valence-corrected chi connectivity index (χ2v) is 5.19. The number of aromatic nitrogens is 1. The van der Waals surface area contributed by atoms with Gasteiger partial charge in [0.1, 0.15) is 18.2 Å². The minimum Gasteiger partial charge on any atom is -0.489 e. The maximum Gasteiger partial charge on any atom is 0.126 e. The predicted molar refractivity (Wildman–Crippen MR) is 81.6 cm³/mol. The van der Waals surface area contributed by atoms with Gasteiger partial charge in [-0.1, -0.05) is 22.0 Å². The minimum atomic E-state index is 0.540. The van der Waals surface area contributed by atoms with Crippen LogP contribution in [0.15, 0.2) is 41.0 Å². The summed E-state index contributed by atoms with van der Waals surface area (Å²) in [5.74, 6) is 1.78. The van der Waals surface area contributed by atoms with E-state index in [0.29, 0.717) is 6.61 Å². The van der Waals surface area contributed by atoms with Gasteiger partial charge in [0.2, 0.25) is 0 Å². The summed E-state index contributed by atoms with van der Waals surface area (Å²) in [5, 5.41) is 3.19. The fourth-order valence-corrected chi connectivity index (χ4v) is 2.07. The maximum absolute atomic E-state index is 5.85. The molecule has 1 heterocycles. The van der Waals surface area contributed by atoms with Gasteiger partial charge in [0.25, 0.3) is 0 Å². The van der Waals surface area contributed by atoms with E-state index >= 15 is 0 Å². The third kappa shape index (κ3) is 3.96. The van der Waals surface area contributed by atoms with Crippen LogP contribution in [0.25, 0.3) is 0 Å². The lowest BCUT2D eigenvalue weighted by atomic mass is 10.2. The van der Waals surface area contributed by atoms with Crippen LogP contribution in [0.1, 0.15) is 18.1 Å². The number of benzene rings is 1. The van der Waals surface area contributed by atoms with Crippen LogP contribution in [0.3, 0.4) is 0 Å². The number of rotatable bonds is 5. The number of pyridine rings is 1. The molecule has 0 spiro atoms. The van der Waals surface area contributed by atoms with Crippen LogP contribution in [0, 0.1) is 6.92 Å². The molecular formula is C15H17BrN2O. The van der Waals surface area contributed by atoms with Crippen molar-refractivity contribution in [3.05, 3.63) is 52.1 Å². The molecule has 1 N–H and O–H groups in total. The highest BCUT2D eigenvalue weighted by Crippen LogP contribution is 2.23. The molecule has 0 unspecified atom stereocenters. The number of aryl methyl sites for hydroxylation is 1. The molecule has 0 saturated carbocycles. The molecule has 0 aliphatic carbocycles. The van der Waals surface area contributed by atoms with Gasteiger partial charge in [-0.05, 0) is 49.2 Å². The highest BCUT2D eigenvalue weighted by atomic mass is 79.9. The van der Waals surface area contributed by atoms with Crippen LogP contribution in [0.2, 0.25) is 0 Å². The van der Waals surface area contributed by atoms with E-state index in [0.717, 1.165) is 33.7 Å². The fraction of sp³-hybridized carbons (Fsp3) is 0.267. The SMILES string of the molecule is CCNc1cc(COc2cc(Br)ccc2C)ccn1. The Labute approximate surface area is 122 Å².